The molecule has 1 radical (unpaired) electrons. The fourth-order valence-corrected chi connectivity index (χ4v) is 2.46. The van der Waals surface area contributed by atoms with Crippen molar-refractivity contribution < 1.29 is 21.9 Å². The first-order valence-electron chi connectivity index (χ1n) is 6.87. The summed E-state index contributed by atoms with van der Waals surface area (Å²) in [4.78, 5) is 12.1. The van der Waals surface area contributed by atoms with E-state index in [-0.39, 0.29) is 25.0 Å². The molecule has 0 aromatic carbocycles. The molecular weight excluding hydrogens is 344 g/mol. The van der Waals surface area contributed by atoms with Crippen LogP contribution in [0.3, 0.4) is 0 Å². The number of carbonyl (C=O) groups excluding carboxylic acids is 1. The summed E-state index contributed by atoms with van der Waals surface area (Å²) in [6, 6.07) is -0.354. The molecule has 0 saturated heterocycles. The SMILES string of the molecule is CN[C@@H](Cc1cn(CCOS(=O)(=O)O)nn1)C(=O)C[CH]CSC. The van der Waals surface area contributed by atoms with E-state index in [2.05, 4.69) is 19.8 Å². The summed E-state index contributed by atoms with van der Waals surface area (Å²) in [6.45, 7) is -0.133. The molecule has 1 atom stereocenters. The van der Waals surface area contributed by atoms with E-state index in [0.717, 1.165) is 5.75 Å². The van der Waals surface area contributed by atoms with Gasteiger partial charge in [0.05, 0.1) is 24.9 Å². The van der Waals surface area contributed by atoms with Gasteiger partial charge in [0.1, 0.15) is 5.78 Å². The van der Waals surface area contributed by atoms with E-state index in [1.54, 1.807) is 25.0 Å². The maximum absolute atomic E-state index is 12.1. The van der Waals surface area contributed by atoms with E-state index < -0.39 is 10.4 Å². The van der Waals surface area contributed by atoms with E-state index in [1.165, 1.54) is 4.68 Å². The summed E-state index contributed by atoms with van der Waals surface area (Å²) in [5.41, 5.74) is 0.606. The van der Waals surface area contributed by atoms with Crippen molar-refractivity contribution in [1.82, 2.24) is 20.3 Å². The van der Waals surface area contributed by atoms with Crippen LogP contribution in [0.5, 0.6) is 0 Å². The predicted octanol–water partition coefficient (Wildman–Crippen LogP) is -0.246. The average molecular weight is 365 g/mol. The fraction of sp³-hybridized carbons (Fsp3) is 0.667. The molecule has 0 aliphatic heterocycles. The molecule has 0 aliphatic rings. The van der Waals surface area contributed by atoms with Crippen molar-refractivity contribution in [2.75, 3.05) is 25.7 Å². The first-order valence-corrected chi connectivity index (χ1v) is 9.63. The van der Waals surface area contributed by atoms with Gasteiger partial charge in [0, 0.05) is 19.0 Å². The van der Waals surface area contributed by atoms with Gasteiger partial charge in [0.15, 0.2) is 0 Å². The van der Waals surface area contributed by atoms with Gasteiger partial charge in [-0.15, -0.1) is 5.10 Å². The minimum Gasteiger partial charge on any atom is -0.310 e. The maximum Gasteiger partial charge on any atom is 0.397 e. The minimum absolute atomic E-state index is 0.0748. The second-order valence-electron chi connectivity index (χ2n) is 4.68. The van der Waals surface area contributed by atoms with E-state index in [1.807, 2.05) is 12.7 Å². The number of hydrogen-bond acceptors (Lipinski definition) is 8. The number of likely N-dealkylation sites (N-methyl/N-ethyl adjacent to an activating group) is 1. The highest BCUT2D eigenvalue weighted by atomic mass is 32.3. The van der Waals surface area contributed by atoms with Crippen LogP contribution in [0.1, 0.15) is 12.1 Å². The van der Waals surface area contributed by atoms with E-state index in [4.69, 9.17) is 4.55 Å². The van der Waals surface area contributed by atoms with Crippen LogP contribution in [-0.4, -0.2) is 65.5 Å². The summed E-state index contributed by atoms with van der Waals surface area (Å²) in [5.74, 6) is 0.900. The van der Waals surface area contributed by atoms with Crippen LogP contribution in [0.15, 0.2) is 6.20 Å². The zero-order valence-corrected chi connectivity index (χ0v) is 14.6. The average Bonchev–Trinajstić information content (AvgIpc) is 2.91. The highest BCUT2D eigenvalue weighted by Crippen LogP contribution is 2.06. The monoisotopic (exact) mass is 365 g/mol. The lowest BCUT2D eigenvalue weighted by Gasteiger charge is -2.13. The number of carbonyl (C=O) groups is 1. The molecule has 1 aromatic heterocycles. The fourth-order valence-electron chi connectivity index (χ4n) is 1.82. The van der Waals surface area contributed by atoms with Crippen LogP contribution >= 0.6 is 11.8 Å². The lowest BCUT2D eigenvalue weighted by atomic mass is 10.0. The van der Waals surface area contributed by atoms with Crippen molar-refractivity contribution in [3.63, 3.8) is 0 Å². The molecule has 2 N–H and O–H groups in total. The standard InChI is InChI=1S/C12H21N4O5S2/c1-13-11(12(17)4-3-7-22-2)8-10-9-16(15-14-10)5-6-21-23(18,19)20/h3,9,11,13H,4-8H2,1-2H3,(H,18,19,20)/t11-/m0/s1. The zero-order valence-electron chi connectivity index (χ0n) is 13.0. The first-order chi connectivity index (χ1) is 10.9. The molecule has 0 amide bonds. The third kappa shape index (κ3) is 8.42. The molecule has 1 heterocycles. The number of Topliss-reactive ketones (excluding diaryl/α,β-unsaturated/α-hetero) is 1. The van der Waals surface area contributed by atoms with Gasteiger partial charge in [-0.2, -0.15) is 20.2 Å². The van der Waals surface area contributed by atoms with E-state index in [0.29, 0.717) is 18.5 Å². The number of nitrogens with one attached hydrogen (secondary N) is 1. The second-order valence-corrected chi connectivity index (χ2v) is 6.68. The Balaban J connectivity index is 2.47. The molecule has 0 saturated carbocycles. The van der Waals surface area contributed by atoms with Crippen molar-refractivity contribution in [2.24, 2.45) is 0 Å². The number of ketones is 1. The molecule has 0 spiro atoms. The van der Waals surface area contributed by atoms with Crippen molar-refractivity contribution in [2.45, 2.75) is 25.4 Å². The molecule has 0 bridgehead atoms. The summed E-state index contributed by atoms with van der Waals surface area (Å²) < 4.78 is 34.9. The molecule has 131 valence electrons. The predicted molar refractivity (Wildman–Crippen MR) is 86.4 cm³/mol. The van der Waals surface area contributed by atoms with Gasteiger partial charge >= 0.3 is 10.4 Å². The van der Waals surface area contributed by atoms with Gasteiger partial charge < -0.3 is 5.32 Å². The minimum atomic E-state index is -4.45. The topological polar surface area (TPSA) is 123 Å². The quantitative estimate of drug-likeness (QED) is 0.381. The molecular formula is C12H21N4O5S2. The number of rotatable bonds is 12. The Kier molecular flexibility index (Phi) is 8.69. The number of thioether (sulfide) groups is 1. The van der Waals surface area contributed by atoms with Crippen molar-refractivity contribution >= 4 is 27.9 Å². The zero-order chi connectivity index (χ0) is 17.3. The molecule has 23 heavy (non-hydrogen) atoms. The Morgan fingerprint density at radius 2 is 2.35 bits per heavy atom. The van der Waals surface area contributed by atoms with Crippen molar-refractivity contribution in [3.05, 3.63) is 18.3 Å². The van der Waals surface area contributed by atoms with Crippen molar-refractivity contribution in [1.29, 1.82) is 0 Å². The molecule has 11 heteroatoms. The smallest absolute Gasteiger partial charge is 0.310 e. The lowest BCUT2D eigenvalue weighted by molar-refractivity contribution is -0.120. The summed E-state index contributed by atoms with van der Waals surface area (Å²) >= 11 is 1.65. The number of nitrogens with zero attached hydrogens (tertiary/aromatic N) is 3. The van der Waals surface area contributed by atoms with Crippen LogP contribution in [0, 0.1) is 6.42 Å². The van der Waals surface area contributed by atoms with Crippen LogP contribution < -0.4 is 5.32 Å². The Hall–Kier alpha value is -1.01. The van der Waals surface area contributed by atoms with Crippen LogP contribution in [-0.2, 0) is 32.3 Å². The molecule has 0 aliphatic carbocycles. The molecule has 1 aromatic rings. The third-order valence-electron chi connectivity index (χ3n) is 2.92. The first kappa shape index (κ1) is 20.0. The van der Waals surface area contributed by atoms with Crippen LogP contribution in [0.4, 0.5) is 0 Å². The second kappa shape index (κ2) is 9.98. The largest absolute Gasteiger partial charge is 0.397 e. The summed E-state index contributed by atoms with van der Waals surface area (Å²) in [5, 5.41) is 10.7. The Labute approximate surface area is 140 Å². The Morgan fingerprint density at radius 1 is 1.61 bits per heavy atom. The summed E-state index contributed by atoms with van der Waals surface area (Å²) in [6.07, 6.45) is 6.29. The van der Waals surface area contributed by atoms with Gasteiger partial charge in [-0.05, 0) is 25.5 Å². The molecule has 0 fully saturated rings. The van der Waals surface area contributed by atoms with Crippen LogP contribution in [0.25, 0.3) is 0 Å². The maximum atomic E-state index is 12.1. The van der Waals surface area contributed by atoms with Gasteiger partial charge in [0.2, 0.25) is 0 Å². The lowest BCUT2D eigenvalue weighted by Crippen LogP contribution is -2.36. The number of hydrogen-bond donors (Lipinski definition) is 2. The van der Waals surface area contributed by atoms with Gasteiger partial charge in [0.25, 0.3) is 0 Å². The van der Waals surface area contributed by atoms with Crippen LogP contribution in [0.2, 0.25) is 0 Å². The van der Waals surface area contributed by atoms with Gasteiger partial charge in [-0.1, -0.05) is 5.21 Å². The summed E-state index contributed by atoms with van der Waals surface area (Å²) in [7, 11) is -2.74. The van der Waals surface area contributed by atoms with Crippen molar-refractivity contribution in [3.8, 4) is 0 Å². The number of aromatic nitrogens is 3. The Morgan fingerprint density at radius 3 is 2.96 bits per heavy atom. The highest BCUT2D eigenvalue weighted by molar-refractivity contribution is 7.98. The molecule has 1 rings (SSSR count). The molecule has 0 unspecified atom stereocenters. The van der Waals surface area contributed by atoms with E-state index >= 15 is 0 Å². The van der Waals surface area contributed by atoms with Gasteiger partial charge in [-0.25, -0.2) is 8.86 Å². The molecule has 9 nitrogen and oxygen atoms in total. The third-order valence-corrected chi connectivity index (χ3v) is 3.95. The van der Waals surface area contributed by atoms with Gasteiger partial charge in [-0.3, -0.25) is 9.35 Å². The Bertz CT molecular complexity index is 590. The normalized spacial score (nSPS) is 13.2. The van der Waals surface area contributed by atoms with E-state index in [9.17, 15) is 13.2 Å². The highest BCUT2D eigenvalue weighted by Gasteiger charge is 2.18.